The lowest BCUT2D eigenvalue weighted by Gasteiger charge is -2.23. The predicted octanol–water partition coefficient (Wildman–Crippen LogP) is 2.56. The van der Waals surface area contributed by atoms with E-state index in [0.29, 0.717) is 12.2 Å². The molecule has 0 aliphatic heterocycles. The summed E-state index contributed by atoms with van der Waals surface area (Å²) < 4.78 is 1.58. The van der Waals surface area contributed by atoms with Gasteiger partial charge in [0.1, 0.15) is 0 Å². The third kappa shape index (κ3) is 3.07. The summed E-state index contributed by atoms with van der Waals surface area (Å²) in [6.07, 6.45) is 2.49. The van der Waals surface area contributed by atoms with Gasteiger partial charge in [0, 0.05) is 10.5 Å². The Kier molecular flexibility index (Phi) is 4.62. The topological polar surface area (TPSA) is 80.9 Å². The Morgan fingerprint density at radius 3 is 2.76 bits per heavy atom. The third-order valence-electron chi connectivity index (χ3n) is 3.68. The van der Waals surface area contributed by atoms with Crippen LogP contribution in [0.3, 0.4) is 0 Å². The molecule has 0 saturated heterocycles. The molecular formula is C14H18N4O2S. The summed E-state index contributed by atoms with van der Waals surface area (Å²) in [5, 5.41) is 21.2. The van der Waals surface area contributed by atoms with Crippen LogP contribution in [0, 0.1) is 5.41 Å². The molecule has 1 atom stereocenters. The summed E-state index contributed by atoms with van der Waals surface area (Å²) in [4.78, 5) is 12.5. The Balaban J connectivity index is 2.42. The summed E-state index contributed by atoms with van der Waals surface area (Å²) in [5.74, 6) is -0.245. The summed E-state index contributed by atoms with van der Waals surface area (Å²) >= 11 is 1.61. The molecule has 0 amide bonds. The Labute approximate surface area is 127 Å². The average Bonchev–Trinajstić information content (AvgIpc) is 2.94. The molecule has 0 spiro atoms. The van der Waals surface area contributed by atoms with E-state index in [-0.39, 0.29) is 6.54 Å². The van der Waals surface area contributed by atoms with Crippen molar-refractivity contribution in [2.24, 2.45) is 5.41 Å². The van der Waals surface area contributed by atoms with Gasteiger partial charge in [-0.3, -0.25) is 4.79 Å². The van der Waals surface area contributed by atoms with Crippen LogP contribution in [0.25, 0.3) is 11.4 Å². The van der Waals surface area contributed by atoms with Gasteiger partial charge in [0.2, 0.25) is 0 Å². The van der Waals surface area contributed by atoms with E-state index in [1.165, 1.54) is 0 Å². The summed E-state index contributed by atoms with van der Waals surface area (Å²) in [6, 6.07) is 7.81. The number of hydrogen-bond donors (Lipinski definition) is 1. The maximum absolute atomic E-state index is 11.5. The summed E-state index contributed by atoms with van der Waals surface area (Å²) in [7, 11) is 0. The minimum Gasteiger partial charge on any atom is -0.481 e. The fourth-order valence-corrected chi connectivity index (χ4v) is 2.59. The number of thioether (sulfide) groups is 1. The minimum absolute atomic E-state index is 0.240. The lowest BCUT2D eigenvalue weighted by molar-refractivity contribution is -0.149. The Morgan fingerprint density at radius 1 is 1.43 bits per heavy atom. The van der Waals surface area contributed by atoms with Gasteiger partial charge in [-0.25, -0.2) is 4.68 Å². The fourth-order valence-electron chi connectivity index (χ4n) is 1.99. The molecule has 0 fully saturated rings. The first-order valence-electron chi connectivity index (χ1n) is 6.65. The maximum atomic E-state index is 11.5. The van der Waals surface area contributed by atoms with Gasteiger partial charge < -0.3 is 5.11 Å². The molecule has 1 heterocycles. The van der Waals surface area contributed by atoms with Gasteiger partial charge in [0.05, 0.1) is 12.0 Å². The number of carboxylic acids is 1. The molecule has 0 aliphatic carbocycles. The predicted molar refractivity (Wildman–Crippen MR) is 81.1 cm³/mol. The largest absolute Gasteiger partial charge is 0.481 e. The smallest absolute Gasteiger partial charge is 0.311 e. The molecule has 0 saturated carbocycles. The Morgan fingerprint density at radius 2 is 2.14 bits per heavy atom. The van der Waals surface area contributed by atoms with Crippen molar-refractivity contribution < 1.29 is 9.90 Å². The van der Waals surface area contributed by atoms with Crippen molar-refractivity contribution in [1.82, 2.24) is 20.2 Å². The van der Waals surface area contributed by atoms with Crippen LogP contribution in [0.2, 0.25) is 0 Å². The number of aliphatic carboxylic acids is 1. The van der Waals surface area contributed by atoms with E-state index < -0.39 is 11.4 Å². The molecular weight excluding hydrogens is 288 g/mol. The molecule has 1 aromatic heterocycles. The number of nitrogens with zero attached hydrogens (tertiary/aromatic N) is 4. The molecule has 7 heteroatoms. The van der Waals surface area contributed by atoms with Crippen LogP contribution in [0.5, 0.6) is 0 Å². The van der Waals surface area contributed by atoms with E-state index in [1.54, 1.807) is 23.4 Å². The van der Waals surface area contributed by atoms with Crippen molar-refractivity contribution >= 4 is 17.7 Å². The van der Waals surface area contributed by atoms with Crippen LogP contribution in [0.15, 0.2) is 29.2 Å². The molecule has 2 rings (SSSR count). The van der Waals surface area contributed by atoms with Crippen LogP contribution in [-0.2, 0) is 11.3 Å². The van der Waals surface area contributed by atoms with E-state index in [4.69, 9.17) is 0 Å². The molecule has 6 nitrogen and oxygen atoms in total. The zero-order valence-electron chi connectivity index (χ0n) is 12.3. The monoisotopic (exact) mass is 306 g/mol. The first-order chi connectivity index (χ1) is 10.0. The van der Waals surface area contributed by atoms with Crippen molar-refractivity contribution in [3.63, 3.8) is 0 Å². The molecule has 2 aromatic rings. The highest BCUT2D eigenvalue weighted by Crippen LogP contribution is 2.30. The van der Waals surface area contributed by atoms with E-state index in [2.05, 4.69) is 15.5 Å². The number of rotatable bonds is 6. The lowest BCUT2D eigenvalue weighted by atomic mass is 9.88. The van der Waals surface area contributed by atoms with E-state index in [9.17, 15) is 9.90 Å². The van der Waals surface area contributed by atoms with Gasteiger partial charge in [-0.2, -0.15) is 0 Å². The molecule has 112 valence electrons. The van der Waals surface area contributed by atoms with Gasteiger partial charge in [0.25, 0.3) is 0 Å². The van der Waals surface area contributed by atoms with E-state index in [0.717, 1.165) is 10.5 Å². The number of hydrogen-bond acceptors (Lipinski definition) is 5. The SMILES string of the molecule is CCC(C)(Cn1nnnc1-c1ccccc1SC)C(=O)O. The number of carboxylic acid groups (broad SMARTS) is 1. The van der Waals surface area contributed by atoms with Crippen molar-refractivity contribution in [3.05, 3.63) is 24.3 Å². The number of tetrazole rings is 1. The van der Waals surface area contributed by atoms with Crippen molar-refractivity contribution in [2.45, 2.75) is 31.7 Å². The summed E-state index contributed by atoms with van der Waals surface area (Å²) in [6.45, 7) is 3.80. The van der Waals surface area contributed by atoms with Crippen LogP contribution in [-0.4, -0.2) is 37.5 Å². The minimum atomic E-state index is -0.890. The molecule has 0 radical (unpaired) electrons. The lowest BCUT2D eigenvalue weighted by Crippen LogP contribution is -2.32. The summed E-state index contributed by atoms with van der Waals surface area (Å²) in [5.41, 5.74) is 0.0251. The van der Waals surface area contributed by atoms with Crippen LogP contribution in [0.1, 0.15) is 20.3 Å². The number of benzene rings is 1. The van der Waals surface area contributed by atoms with Gasteiger partial charge in [-0.15, -0.1) is 16.9 Å². The fraction of sp³-hybridized carbons (Fsp3) is 0.429. The molecule has 0 bridgehead atoms. The number of carbonyl (C=O) groups is 1. The molecule has 1 N–H and O–H groups in total. The van der Waals surface area contributed by atoms with Crippen molar-refractivity contribution in [2.75, 3.05) is 6.26 Å². The maximum Gasteiger partial charge on any atom is 0.311 e. The third-order valence-corrected chi connectivity index (χ3v) is 4.47. The standard InChI is InChI=1S/C14H18N4O2S/c1-4-14(2,13(19)20)9-18-12(15-16-17-18)10-7-5-6-8-11(10)21-3/h5-8H,4,9H2,1-3H3,(H,19,20). The van der Waals surface area contributed by atoms with Gasteiger partial charge in [0.15, 0.2) is 5.82 Å². The second-order valence-electron chi connectivity index (χ2n) is 5.08. The highest BCUT2D eigenvalue weighted by atomic mass is 32.2. The van der Waals surface area contributed by atoms with Crippen molar-refractivity contribution in [3.8, 4) is 11.4 Å². The van der Waals surface area contributed by atoms with Gasteiger partial charge >= 0.3 is 5.97 Å². The highest BCUT2D eigenvalue weighted by molar-refractivity contribution is 7.98. The number of aromatic nitrogens is 4. The Bertz CT molecular complexity index is 643. The average molecular weight is 306 g/mol. The first-order valence-corrected chi connectivity index (χ1v) is 7.87. The van der Waals surface area contributed by atoms with Crippen LogP contribution >= 0.6 is 11.8 Å². The molecule has 1 unspecified atom stereocenters. The normalized spacial score (nSPS) is 13.9. The van der Waals surface area contributed by atoms with Crippen LogP contribution in [0.4, 0.5) is 0 Å². The van der Waals surface area contributed by atoms with E-state index in [1.807, 2.05) is 37.4 Å². The quantitative estimate of drug-likeness (QED) is 0.826. The second-order valence-corrected chi connectivity index (χ2v) is 5.93. The second kappa shape index (κ2) is 6.26. The van der Waals surface area contributed by atoms with Crippen molar-refractivity contribution in [1.29, 1.82) is 0 Å². The zero-order chi connectivity index (χ0) is 15.5. The molecule has 0 aliphatic rings. The van der Waals surface area contributed by atoms with Crippen LogP contribution < -0.4 is 0 Å². The Hall–Kier alpha value is -1.89. The highest BCUT2D eigenvalue weighted by Gasteiger charge is 2.33. The van der Waals surface area contributed by atoms with E-state index >= 15 is 0 Å². The van der Waals surface area contributed by atoms with Gasteiger partial charge in [-0.1, -0.05) is 19.1 Å². The molecule has 1 aromatic carbocycles. The molecule has 21 heavy (non-hydrogen) atoms. The zero-order valence-corrected chi connectivity index (χ0v) is 13.1. The van der Waals surface area contributed by atoms with Gasteiger partial charge in [-0.05, 0) is 42.2 Å². The first kappa shape index (κ1) is 15.5.